The summed E-state index contributed by atoms with van der Waals surface area (Å²) in [7, 11) is 0. The minimum Gasteiger partial charge on any atom is -0.356 e. The fourth-order valence-electron chi connectivity index (χ4n) is 1.37. The zero-order valence-electron chi connectivity index (χ0n) is 11.5. The van der Waals surface area contributed by atoms with E-state index in [1.807, 2.05) is 0 Å². The molecule has 0 bridgehead atoms. The van der Waals surface area contributed by atoms with Crippen LogP contribution in [0.3, 0.4) is 0 Å². The van der Waals surface area contributed by atoms with Gasteiger partial charge >= 0.3 is 18.9 Å². The maximum atomic E-state index is 5.36. The van der Waals surface area contributed by atoms with Crippen molar-refractivity contribution in [2.75, 3.05) is 20.0 Å². The summed E-state index contributed by atoms with van der Waals surface area (Å²) in [4.78, 5) is 0. The molecule has 0 heterocycles. The average molecular weight is 222 g/mol. The summed E-state index contributed by atoms with van der Waals surface area (Å²) in [6.45, 7) is 6.45. The van der Waals surface area contributed by atoms with E-state index < -0.39 is 0 Å². The Balaban J connectivity index is 0. The number of hydrogen-bond acceptors (Lipinski definition) is 2. The summed E-state index contributed by atoms with van der Waals surface area (Å²) in [5.41, 5.74) is 0. The third-order valence-corrected chi connectivity index (χ3v) is 2.34. The topological polar surface area (TPSA) is 18.5 Å². The van der Waals surface area contributed by atoms with Gasteiger partial charge in [-0.2, -0.15) is 13.3 Å². The summed E-state index contributed by atoms with van der Waals surface area (Å²) in [5, 5.41) is 0. The molecule has 0 saturated heterocycles. The molecule has 0 aromatic rings. The molecule has 0 atom stereocenters. The summed E-state index contributed by atoms with van der Waals surface area (Å²) in [6, 6.07) is 0. The second kappa shape index (κ2) is 17.9. The molecule has 0 rings (SSSR count). The second-order valence-electron chi connectivity index (χ2n) is 3.90. The van der Waals surface area contributed by atoms with Gasteiger partial charge in [-0.3, -0.25) is 0 Å². The summed E-state index contributed by atoms with van der Waals surface area (Å²) >= 11 is 0. The van der Waals surface area contributed by atoms with Gasteiger partial charge in [0, 0.05) is 13.2 Å². The number of hydrogen-bond donors (Lipinski definition) is 0. The van der Waals surface area contributed by atoms with E-state index in [0.717, 1.165) is 26.1 Å². The van der Waals surface area contributed by atoms with Crippen LogP contribution in [0.5, 0.6) is 0 Å². The maximum absolute atomic E-state index is 5.36. The third-order valence-electron chi connectivity index (χ3n) is 2.34. The van der Waals surface area contributed by atoms with Crippen molar-refractivity contribution in [1.82, 2.24) is 0 Å². The molecule has 16 heavy (non-hydrogen) atoms. The zero-order valence-corrected chi connectivity index (χ0v) is 11.5. The number of ether oxygens (including phenoxy) is 2. The predicted octanol–water partition coefficient (Wildman–Crippen LogP) is 0.956. The molecule has 0 spiro atoms. The Kier molecular flexibility index (Phi) is 21.1. The standard InChI is InChI=1S/C13H27O2.Li/c1-3-5-7-8-10-12-15-13-14-11-9-6-4-2;/h4H,3,5-13H2,1-2H3;/q-1;+1. The van der Waals surface area contributed by atoms with Gasteiger partial charge in [0.15, 0.2) is 0 Å². The van der Waals surface area contributed by atoms with Crippen molar-refractivity contribution in [3.63, 3.8) is 0 Å². The SMILES string of the molecule is C[CH-]CCCOCOCCCCCCC.[Li+]. The van der Waals surface area contributed by atoms with Crippen molar-refractivity contribution in [2.45, 2.75) is 58.8 Å². The van der Waals surface area contributed by atoms with Crippen LogP contribution in [-0.4, -0.2) is 20.0 Å². The Morgan fingerprint density at radius 3 is 2.12 bits per heavy atom. The van der Waals surface area contributed by atoms with Gasteiger partial charge in [0.25, 0.3) is 0 Å². The Morgan fingerprint density at radius 1 is 0.875 bits per heavy atom. The molecule has 0 aliphatic rings. The molecule has 0 N–H and O–H groups in total. The summed E-state index contributed by atoms with van der Waals surface area (Å²) in [5.74, 6) is 0. The molecule has 2 nitrogen and oxygen atoms in total. The number of rotatable bonds is 12. The first-order chi connectivity index (χ1) is 7.41. The van der Waals surface area contributed by atoms with Crippen LogP contribution in [-0.2, 0) is 9.47 Å². The Morgan fingerprint density at radius 2 is 1.50 bits per heavy atom. The van der Waals surface area contributed by atoms with Crippen LogP contribution in [0, 0.1) is 6.42 Å². The monoisotopic (exact) mass is 222 g/mol. The smallest absolute Gasteiger partial charge is 0.356 e. The van der Waals surface area contributed by atoms with E-state index in [1.54, 1.807) is 0 Å². The zero-order chi connectivity index (χ0) is 11.2. The molecule has 0 aromatic carbocycles. The van der Waals surface area contributed by atoms with Crippen molar-refractivity contribution in [3.05, 3.63) is 6.42 Å². The van der Waals surface area contributed by atoms with E-state index in [9.17, 15) is 0 Å². The third kappa shape index (κ3) is 16.9. The molecule has 0 fully saturated rings. The van der Waals surface area contributed by atoms with Crippen molar-refractivity contribution in [1.29, 1.82) is 0 Å². The van der Waals surface area contributed by atoms with Crippen LogP contribution in [0.4, 0.5) is 0 Å². The predicted molar refractivity (Wildman–Crippen MR) is 64.7 cm³/mol. The molecule has 0 aliphatic carbocycles. The Hall–Kier alpha value is 0.517. The fourth-order valence-corrected chi connectivity index (χ4v) is 1.37. The van der Waals surface area contributed by atoms with Crippen LogP contribution in [0.15, 0.2) is 0 Å². The Bertz CT molecular complexity index is 98.1. The molecule has 0 amide bonds. The first-order valence-electron chi connectivity index (χ1n) is 6.35. The van der Waals surface area contributed by atoms with Crippen LogP contribution in [0.2, 0.25) is 0 Å². The van der Waals surface area contributed by atoms with Gasteiger partial charge in [0.05, 0.1) is 0 Å². The van der Waals surface area contributed by atoms with Gasteiger partial charge in [0.2, 0.25) is 0 Å². The van der Waals surface area contributed by atoms with Crippen molar-refractivity contribution in [3.8, 4) is 0 Å². The van der Waals surface area contributed by atoms with Crippen molar-refractivity contribution >= 4 is 0 Å². The van der Waals surface area contributed by atoms with Crippen molar-refractivity contribution < 1.29 is 28.3 Å². The largest absolute Gasteiger partial charge is 1.00 e. The van der Waals surface area contributed by atoms with Gasteiger partial charge < -0.3 is 15.9 Å². The van der Waals surface area contributed by atoms with Gasteiger partial charge in [-0.15, -0.1) is 0 Å². The maximum Gasteiger partial charge on any atom is 1.00 e. The first kappa shape index (κ1) is 18.9. The molecule has 92 valence electrons. The van der Waals surface area contributed by atoms with Crippen molar-refractivity contribution in [2.24, 2.45) is 0 Å². The minimum atomic E-state index is 0. The van der Waals surface area contributed by atoms with E-state index >= 15 is 0 Å². The second-order valence-corrected chi connectivity index (χ2v) is 3.90. The normalized spacial score (nSPS) is 10.1. The molecule has 0 aliphatic heterocycles. The van der Waals surface area contributed by atoms with Gasteiger partial charge in [0.1, 0.15) is 6.79 Å². The minimum absolute atomic E-state index is 0. The quantitative estimate of drug-likeness (QED) is 0.212. The van der Waals surface area contributed by atoms with Gasteiger partial charge in [-0.1, -0.05) is 39.0 Å². The van der Waals surface area contributed by atoms with Crippen LogP contribution in [0.25, 0.3) is 0 Å². The fraction of sp³-hybridized carbons (Fsp3) is 0.923. The van der Waals surface area contributed by atoms with E-state index in [4.69, 9.17) is 9.47 Å². The van der Waals surface area contributed by atoms with Gasteiger partial charge in [-0.25, -0.2) is 0 Å². The van der Waals surface area contributed by atoms with Crippen LogP contribution >= 0.6 is 0 Å². The molecular formula is C13H27LiO2. The number of unbranched alkanes of at least 4 members (excludes halogenated alkanes) is 6. The first-order valence-corrected chi connectivity index (χ1v) is 6.35. The van der Waals surface area contributed by atoms with Crippen LogP contribution in [0.1, 0.15) is 58.8 Å². The molecule has 0 radical (unpaired) electrons. The summed E-state index contributed by atoms with van der Waals surface area (Å²) in [6.07, 6.45) is 10.9. The Labute approximate surface area is 114 Å². The molecule has 3 heteroatoms. The van der Waals surface area contributed by atoms with E-state index in [1.165, 1.54) is 32.1 Å². The van der Waals surface area contributed by atoms with Crippen LogP contribution < -0.4 is 18.9 Å². The molecular weight excluding hydrogens is 195 g/mol. The van der Waals surface area contributed by atoms with Gasteiger partial charge in [-0.05, 0) is 6.42 Å². The van der Waals surface area contributed by atoms with E-state index in [-0.39, 0.29) is 18.9 Å². The molecule has 0 saturated carbocycles. The van der Waals surface area contributed by atoms with E-state index in [0.29, 0.717) is 6.79 Å². The molecule has 0 aromatic heterocycles. The summed E-state index contributed by atoms with van der Waals surface area (Å²) < 4.78 is 10.7. The van der Waals surface area contributed by atoms with E-state index in [2.05, 4.69) is 20.3 Å². The molecule has 0 unspecified atom stereocenters. The average Bonchev–Trinajstić information content (AvgIpc) is 2.26.